The third-order valence-corrected chi connectivity index (χ3v) is 3.98. The first-order chi connectivity index (χ1) is 8.22. The van der Waals surface area contributed by atoms with Gasteiger partial charge in [0.2, 0.25) is 0 Å². The first-order valence-electron chi connectivity index (χ1n) is 6.62. The zero-order valence-corrected chi connectivity index (χ0v) is 10.6. The van der Waals surface area contributed by atoms with Crippen LogP contribution in [0.1, 0.15) is 44.1 Å². The standard InChI is InChI=1S/C14H20N2O/c1-10(2)14-8-13(17-15-14)7-12-9-16-5-3-11(12)4-6-16/h7-8,10-11H,3-6,9H2,1-2H3/b12-7+. The normalized spacial score (nSPS) is 30.4. The maximum atomic E-state index is 5.39. The van der Waals surface area contributed by atoms with Gasteiger partial charge in [0.25, 0.3) is 0 Å². The highest BCUT2D eigenvalue weighted by Crippen LogP contribution is 2.33. The summed E-state index contributed by atoms with van der Waals surface area (Å²) in [6, 6.07) is 2.08. The predicted molar refractivity (Wildman–Crippen MR) is 67.7 cm³/mol. The fourth-order valence-electron chi connectivity index (χ4n) is 2.84. The van der Waals surface area contributed by atoms with E-state index in [2.05, 4.69) is 36.0 Å². The Hall–Kier alpha value is -1.09. The molecule has 1 aromatic heterocycles. The van der Waals surface area contributed by atoms with Crippen LogP contribution in [0, 0.1) is 5.92 Å². The average Bonchev–Trinajstić information content (AvgIpc) is 2.79. The van der Waals surface area contributed by atoms with Gasteiger partial charge in [0.15, 0.2) is 5.76 Å². The van der Waals surface area contributed by atoms with Gasteiger partial charge < -0.3 is 4.52 Å². The van der Waals surface area contributed by atoms with Crippen molar-refractivity contribution in [2.24, 2.45) is 5.92 Å². The van der Waals surface area contributed by atoms with E-state index in [1.807, 2.05) is 0 Å². The van der Waals surface area contributed by atoms with Crippen molar-refractivity contribution in [3.05, 3.63) is 23.1 Å². The SMILES string of the molecule is CC(C)c1cc(/C=C2\CN3CCC2CC3)on1. The lowest BCUT2D eigenvalue weighted by atomic mass is 9.83. The maximum Gasteiger partial charge on any atom is 0.159 e. The van der Waals surface area contributed by atoms with Gasteiger partial charge in [-0.05, 0) is 49.4 Å². The summed E-state index contributed by atoms with van der Waals surface area (Å²) >= 11 is 0. The third kappa shape index (κ3) is 2.16. The van der Waals surface area contributed by atoms with E-state index in [1.54, 1.807) is 0 Å². The smallest absolute Gasteiger partial charge is 0.159 e. The molecule has 0 aromatic carbocycles. The summed E-state index contributed by atoms with van der Waals surface area (Å²) in [7, 11) is 0. The van der Waals surface area contributed by atoms with Gasteiger partial charge in [-0.1, -0.05) is 19.0 Å². The first-order valence-corrected chi connectivity index (χ1v) is 6.62. The number of hydrogen-bond acceptors (Lipinski definition) is 3. The second-order valence-electron chi connectivity index (χ2n) is 5.58. The Morgan fingerprint density at radius 2 is 2.18 bits per heavy atom. The molecule has 4 rings (SSSR count). The second kappa shape index (κ2) is 4.30. The van der Waals surface area contributed by atoms with Crippen molar-refractivity contribution >= 4 is 6.08 Å². The fourth-order valence-corrected chi connectivity index (χ4v) is 2.84. The van der Waals surface area contributed by atoms with Crippen molar-refractivity contribution in [2.75, 3.05) is 19.6 Å². The van der Waals surface area contributed by atoms with Crippen molar-refractivity contribution in [3.63, 3.8) is 0 Å². The van der Waals surface area contributed by atoms with Crippen LogP contribution in [-0.4, -0.2) is 29.7 Å². The lowest BCUT2D eigenvalue weighted by Crippen LogP contribution is -2.42. The Bertz CT molecular complexity index is 425. The molecule has 4 heterocycles. The molecule has 0 amide bonds. The topological polar surface area (TPSA) is 29.3 Å². The van der Waals surface area contributed by atoms with E-state index in [0.717, 1.165) is 23.9 Å². The summed E-state index contributed by atoms with van der Waals surface area (Å²) < 4.78 is 5.39. The minimum atomic E-state index is 0.442. The molecule has 0 atom stereocenters. The summed E-state index contributed by atoms with van der Waals surface area (Å²) in [4.78, 5) is 2.53. The largest absolute Gasteiger partial charge is 0.357 e. The molecular formula is C14H20N2O. The molecule has 92 valence electrons. The molecule has 0 aliphatic carbocycles. The van der Waals surface area contributed by atoms with Crippen LogP contribution in [0.4, 0.5) is 0 Å². The van der Waals surface area contributed by atoms with E-state index in [1.165, 1.54) is 31.5 Å². The predicted octanol–water partition coefficient (Wildman–Crippen LogP) is 2.91. The number of rotatable bonds is 2. The van der Waals surface area contributed by atoms with E-state index in [-0.39, 0.29) is 0 Å². The quantitative estimate of drug-likeness (QED) is 0.785. The molecule has 0 saturated carbocycles. The summed E-state index contributed by atoms with van der Waals surface area (Å²) in [5.41, 5.74) is 2.59. The number of aromatic nitrogens is 1. The molecule has 3 aliphatic heterocycles. The summed E-state index contributed by atoms with van der Waals surface area (Å²) in [6.45, 7) is 7.96. The zero-order chi connectivity index (χ0) is 11.8. The monoisotopic (exact) mass is 232 g/mol. The van der Waals surface area contributed by atoms with Crippen LogP contribution in [0.25, 0.3) is 6.08 Å². The van der Waals surface area contributed by atoms with E-state index in [4.69, 9.17) is 4.52 Å². The lowest BCUT2D eigenvalue weighted by Gasteiger charge is -2.40. The second-order valence-corrected chi connectivity index (χ2v) is 5.58. The van der Waals surface area contributed by atoms with Crippen molar-refractivity contribution in [1.82, 2.24) is 10.1 Å². The van der Waals surface area contributed by atoms with Gasteiger partial charge in [-0.2, -0.15) is 0 Å². The van der Waals surface area contributed by atoms with E-state index in [9.17, 15) is 0 Å². The molecule has 2 bridgehead atoms. The van der Waals surface area contributed by atoms with Crippen molar-refractivity contribution in [3.8, 4) is 0 Å². The minimum Gasteiger partial charge on any atom is -0.357 e. The molecule has 0 spiro atoms. The molecule has 3 heteroatoms. The van der Waals surface area contributed by atoms with Crippen molar-refractivity contribution < 1.29 is 4.52 Å². The molecule has 17 heavy (non-hydrogen) atoms. The Kier molecular flexibility index (Phi) is 2.79. The third-order valence-electron chi connectivity index (χ3n) is 3.98. The van der Waals surface area contributed by atoms with Crippen LogP contribution in [0.2, 0.25) is 0 Å². The van der Waals surface area contributed by atoms with Crippen LogP contribution >= 0.6 is 0 Å². The number of hydrogen-bond donors (Lipinski definition) is 0. The highest BCUT2D eigenvalue weighted by atomic mass is 16.5. The Morgan fingerprint density at radius 3 is 2.71 bits per heavy atom. The average molecular weight is 232 g/mol. The molecule has 3 saturated heterocycles. The molecule has 3 aliphatic rings. The van der Waals surface area contributed by atoms with Crippen LogP contribution in [-0.2, 0) is 0 Å². The first kappa shape index (κ1) is 11.0. The molecule has 1 aromatic rings. The van der Waals surface area contributed by atoms with Gasteiger partial charge in [-0.3, -0.25) is 4.90 Å². The highest BCUT2D eigenvalue weighted by Gasteiger charge is 2.29. The van der Waals surface area contributed by atoms with Gasteiger partial charge in [0, 0.05) is 12.6 Å². The summed E-state index contributed by atoms with van der Waals surface area (Å²) in [5.74, 6) is 2.16. The maximum absolute atomic E-state index is 5.39. The molecule has 0 unspecified atom stereocenters. The van der Waals surface area contributed by atoms with Gasteiger partial charge in [0.1, 0.15) is 0 Å². The molecule has 3 nitrogen and oxygen atoms in total. The van der Waals surface area contributed by atoms with Crippen LogP contribution < -0.4 is 0 Å². The van der Waals surface area contributed by atoms with E-state index in [0.29, 0.717) is 5.92 Å². The number of piperidine rings is 3. The van der Waals surface area contributed by atoms with Gasteiger partial charge in [-0.25, -0.2) is 0 Å². The highest BCUT2D eigenvalue weighted by molar-refractivity contribution is 5.50. The van der Waals surface area contributed by atoms with Crippen LogP contribution in [0.5, 0.6) is 0 Å². The molecule has 3 fully saturated rings. The molecular weight excluding hydrogens is 212 g/mol. The molecule has 0 N–H and O–H groups in total. The Labute approximate surface area is 102 Å². The molecule has 0 radical (unpaired) electrons. The van der Waals surface area contributed by atoms with Crippen molar-refractivity contribution in [1.29, 1.82) is 0 Å². The zero-order valence-electron chi connectivity index (χ0n) is 10.6. The van der Waals surface area contributed by atoms with Crippen LogP contribution in [0.15, 0.2) is 16.2 Å². The number of nitrogens with zero attached hydrogens (tertiary/aromatic N) is 2. The fraction of sp³-hybridized carbons (Fsp3) is 0.643. The van der Waals surface area contributed by atoms with E-state index < -0.39 is 0 Å². The Morgan fingerprint density at radius 1 is 1.41 bits per heavy atom. The van der Waals surface area contributed by atoms with Gasteiger partial charge >= 0.3 is 0 Å². The summed E-state index contributed by atoms with van der Waals surface area (Å²) in [6.07, 6.45) is 4.85. The minimum absolute atomic E-state index is 0.442. The summed E-state index contributed by atoms with van der Waals surface area (Å²) in [5, 5.41) is 4.11. The van der Waals surface area contributed by atoms with Gasteiger partial charge in [-0.15, -0.1) is 0 Å². The van der Waals surface area contributed by atoms with Crippen molar-refractivity contribution in [2.45, 2.75) is 32.6 Å². The van der Waals surface area contributed by atoms with Crippen LogP contribution in [0.3, 0.4) is 0 Å². The Balaban J connectivity index is 1.80. The van der Waals surface area contributed by atoms with E-state index >= 15 is 0 Å². The number of fused-ring (bicyclic) bond motifs is 3. The lowest BCUT2D eigenvalue weighted by molar-refractivity contribution is 0.163. The van der Waals surface area contributed by atoms with Gasteiger partial charge in [0.05, 0.1) is 5.69 Å².